The zero-order valence-corrected chi connectivity index (χ0v) is 14.7. The number of sulfone groups is 1. The number of methoxy groups -OCH3 is 1. The summed E-state index contributed by atoms with van der Waals surface area (Å²) in [6, 6.07) is 12.9. The average molecular weight is 358 g/mol. The molecule has 2 aromatic heterocycles. The van der Waals surface area contributed by atoms with Crippen molar-refractivity contribution in [2.24, 2.45) is 0 Å². The summed E-state index contributed by atoms with van der Waals surface area (Å²) in [5.74, 6) is 0.770. The number of aromatic nitrogens is 2. The van der Waals surface area contributed by atoms with Gasteiger partial charge in [-0.1, -0.05) is 23.5 Å². The van der Waals surface area contributed by atoms with Gasteiger partial charge < -0.3 is 4.74 Å². The molecule has 0 saturated heterocycles. The Morgan fingerprint density at radius 1 is 1.17 bits per heavy atom. The number of rotatable bonds is 3. The Labute approximate surface area is 143 Å². The molecule has 0 saturated carbocycles. The van der Waals surface area contributed by atoms with Crippen LogP contribution in [0.1, 0.15) is 0 Å². The zero-order valence-electron chi connectivity index (χ0n) is 13.1. The molecule has 0 spiro atoms. The van der Waals surface area contributed by atoms with Crippen molar-refractivity contribution in [2.75, 3.05) is 13.4 Å². The number of ether oxygens (including phenoxy) is 1. The lowest BCUT2D eigenvalue weighted by Crippen LogP contribution is -1.96. The van der Waals surface area contributed by atoms with Crippen LogP contribution in [0.5, 0.6) is 5.75 Å². The summed E-state index contributed by atoms with van der Waals surface area (Å²) < 4.78 is 31.7. The summed E-state index contributed by atoms with van der Waals surface area (Å²) in [4.78, 5) is 5.81. The van der Waals surface area contributed by atoms with Gasteiger partial charge in [-0.3, -0.25) is 4.40 Å². The third kappa shape index (κ3) is 2.37. The third-order valence-corrected chi connectivity index (χ3v) is 6.00. The molecule has 2 heterocycles. The number of nitrogens with zero attached hydrogens (tertiary/aromatic N) is 2. The first kappa shape index (κ1) is 15.2. The lowest BCUT2D eigenvalue weighted by Gasteiger charge is -2.04. The minimum atomic E-state index is -3.21. The summed E-state index contributed by atoms with van der Waals surface area (Å²) in [6.07, 6.45) is 3.17. The van der Waals surface area contributed by atoms with E-state index in [0.717, 1.165) is 32.2 Å². The highest BCUT2D eigenvalue weighted by atomic mass is 32.2. The number of hydrogen-bond donors (Lipinski definition) is 0. The van der Waals surface area contributed by atoms with E-state index in [-0.39, 0.29) is 0 Å². The van der Waals surface area contributed by atoms with E-state index in [1.165, 1.54) is 17.6 Å². The fourth-order valence-electron chi connectivity index (χ4n) is 2.70. The molecule has 0 fully saturated rings. The second-order valence-corrected chi connectivity index (χ2v) is 8.51. The van der Waals surface area contributed by atoms with Gasteiger partial charge in [-0.15, -0.1) is 0 Å². The molecule has 24 heavy (non-hydrogen) atoms. The van der Waals surface area contributed by atoms with Gasteiger partial charge in [-0.05, 0) is 30.3 Å². The summed E-state index contributed by atoms with van der Waals surface area (Å²) in [7, 11) is -1.58. The molecule has 0 amide bonds. The molecule has 0 aliphatic carbocycles. The first-order chi connectivity index (χ1) is 11.5. The van der Waals surface area contributed by atoms with Gasteiger partial charge >= 0.3 is 0 Å². The van der Waals surface area contributed by atoms with Crippen LogP contribution in [0.4, 0.5) is 0 Å². The van der Waals surface area contributed by atoms with E-state index in [4.69, 9.17) is 4.74 Å². The number of benzene rings is 2. The van der Waals surface area contributed by atoms with Gasteiger partial charge in [0.1, 0.15) is 5.75 Å². The van der Waals surface area contributed by atoms with Crippen molar-refractivity contribution >= 4 is 36.4 Å². The van der Waals surface area contributed by atoms with Crippen molar-refractivity contribution < 1.29 is 13.2 Å². The smallest absolute Gasteiger partial charge is 0.195 e. The predicted octanol–water partition coefficient (Wildman–Crippen LogP) is 3.63. The third-order valence-electron chi connectivity index (χ3n) is 3.88. The highest BCUT2D eigenvalue weighted by molar-refractivity contribution is 7.90. The molecule has 122 valence electrons. The van der Waals surface area contributed by atoms with Gasteiger partial charge in [0.2, 0.25) is 0 Å². The van der Waals surface area contributed by atoms with E-state index >= 15 is 0 Å². The molecule has 0 aliphatic heterocycles. The van der Waals surface area contributed by atoms with Gasteiger partial charge in [0, 0.05) is 18.0 Å². The van der Waals surface area contributed by atoms with Crippen LogP contribution in [0, 0.1) is 0 Å². The second-order valence-electron chi connectivity index (χ2n) is 5.48. The highest BCUT2D eigenvalue weighted by Crippen LogP contribution is 2.33. The van der Waals surface area contributed by atoms with E-state index in [1.54, 1.807) is 19.2 Å². The number of thiazole rings is 1. The number of hydrogen-bond acceptors (Lipinski definition) is 5. The van der Waals surface area contributed by atoms with Crippen LogP contribution in [-0.4, -0.2) is 31.2 Å². The summed E-state index contributed by atoms with van der Waals surface area (Å²) in [5.41, 5.74) is 2.70. The molecule has 7 heteroatoms. The Kier molecular flexibility index (Phi) is 3.36. The van der Waals surface area contributed by atoms with Gasteiger partial charge in [0.15, 0.2) is 14.8 Å². The molecule has 4 aromatic rings. The van der Waals surface area contributed by atoms with Crippen LogP contribution in [0.2, 0.25) is 0 Å². The monoisotopic (exact) mass is 358 g/mol. The highest BCUT2D eigenvalue weighted by Gasteiger charge is 2.15. The largest absolute Gasteiger partial charge is 0.496 e. The van der Waals surface area contributed by atoms with Crippen molar-refractivity contribution in [3.8, 4) is 17.0 Å². The van der Waals surface area contributed by atoms with Crippen molar-refractivity contribution in [1.29, 1.82) is 0 Å². The first-order valence-electron chi connectivity index (χ1n) is 7.22. The number of fused-ring (bicyclic) bond motifs is 3. The molecule has 2 aromatic carbocycles. The molecule has 0 aliphatic rings. The van der Waals surface area contributed by atoms with E-state index < -0.39 is 9.84 Å². The van der Waals surface area contributed by atoms with Gasteiger partial charge in [-0.2, -0.15) is 0 Å². The molecule has 0 radical (unpaired) electrons. The Bertz CT molecular complexity index is 1170. The average Bonchev–Trinajstić information content (AvgIpc) is 3.10. The Hall–Kier alpha value is -2.38. The maximum Gasteiger partial charge on any atom is 0.195 e. The molecular formula is C17H14N2O3S2. The minimum absolute atomic E-state index is 0.324. The maximum atomic E-state index is 11.7. The Morgan fingerprint density at radius 3 is 2.71 bits per heavy atom. The normalized spacial score (nSPS) is 12.1. The summed E-state index contributed by atoms with van der Waals surface area (Å²) >= 11 is 1.47. The molecule has 0 atom stereocenters. The molecular weight excluding hydrogens is 344 g/mol. The lowest BCUT2D eigenvalue weighted by atomic mass is 10.1. The Morgan fingerprint density at radius 2 is 1.96 bits per heavy atom. The van der Waals surface area contributed by atoms with E-state index in [9.17, 15) is 8.42 Å². The van der Waals surface area contributed by atoms with Crippen LogP contribution in [-0.2, 0) is 9.84 Å². The molecule has 0 unspecified atom stereocenters. The predicted molar refractivity (Wildman–Crippen MR) is 95.7 cm³/mol. The Balaban J connectivity index is 1.91. The quantitative estimate of drug-likeness (QED) is 0.561. The van der Waals surface area contributed by atoms with Crippen LogP contribution >= 0.6 is 11.3 Å². The van der Waals surface area contributed by atoms with Crippen LogP contribution < -0.4 is 4.74 Å². The maximum absolute atomic E-state index is 11.7. The molecule has 4 rings (SSSR count). The van der Waals surface area contributed by atoms with E-state index in [0.29, 0.717) is 4.90 Å². The number of para-hydroxylation sites is 1. The van der Waals surface area contributed by atoms with E-state index in [2.05, 4.69) is 4.98 Å². The second kappa shape index (κ2) is 5.32. The minimum Gasteiger partial charge on any atom is -0.496 e. The van der Waals surface area contributed by atoms with Crippen LogP contribution in [0.15, 0.2) is 53.6 Å². The van der Waals surface area contributed by atoms with Crippen molar-refractivity contribution in [3.63, 3.8) is 0 Å². The molecule has 0 N–H and O–H groups in total. The van der Waals surface area contributed by atoms with Crippen molar-refractivity contribution in [1.82, 2.24) is 9.38 Å². The van der Waals surface area contributed by atoms with Crippen molar-refractivity contribution in [3.05, 3.63) is 48.7 Å². The lowest BCUT2D eigenvalue weighted by molar-refractivity contribution is 0.416. The van der Waals surface area contributed by atoms with E-state index in [1.807, 2.05) is 40.9 Å². The number of imidazole rings is 1. The fraction of sp³-hybridized carbons (Fsp3) is 0.118. The summed E-state index contributed by atoms with van der Waals surface area (Å²) in [6.45, 7) is 0. The summed E-state index contributed by atoms with van der Waals surface area (Å²) in [5, 5.41) is 0. The molecule has 5 nitrogen and oxygen atoms in total. The van der Waals surface area contributed by atoms with Crippen LogP contribution in [0.25, 0.3) is 26.4 Å². The SMILES string of the molecule is COc1ccccc1-c1cn2c(n1)sc1cc(S(C)(=O)=O)ccc12. The first-order valence-corrected chi connectivity index (χ1v) is 9.93. The zero-order chi connectivity index (χ0) is 16.9. The topological polar surface area (TPSA) is 60.7 Å². The van der Waals surface area contributed by atoms with Gasteiger partial charge in [0.25, 0.3) is 0 Å². The standard InChI is InChI=1S/C17H14N2O3S2/c1-22-15-6-4-3-5-12(15)13-10-19-14-8-7-11(24(2,20)21)9-16(14)23-17(19)18-13/h3-10H,1-2H3. The van der Waals surface area contributed by atoms with Gasteiger partial charge in [-0.25, -0.2) is 13.4 Å². The van der Waals surface area contributed by atoms with Crippen LogP contribution in [0.3, 0.4) is 0 Å². The molecule has 0 bridgehead atoms. The van der Waals surface area contributed by atoms with Crippen molar-refractivity contribution in [2.45, 2.75) is 4.90 Å². The van der Waals surface area contributed by atoms with Gasteiger partial charge in [0.05, 0.1) is 27.9 Å². The fourth-order valence-corrected chi connectivity index (χ4v) is 4.47.